The molecule has 0 bridgehead atoms. The van der Waals surface area contributed by atoms with E-state index in [2.05, 4.69) is 22.8 Å². The molecule has 176 valence electrons. The molecule has 8 nitrogen and oxygen atoms in total. The van der Waals surface area contributed by atoms with Crippen molar-refractivity contribution in [2.24, 2.45) is 5.92 Å². The molecule has 0 aliphatic heterocycles. The van der Waals surface area contributed by atoms with Crippen LogP contribution in [0.15, 0.2) is 48.5 Å². The molecule has 0 aromatic heterocycles. The van der Waals surface area contributed by atoms with E-state index in [0.29, 0.717) is 0 Å². The number of aliphatic hydroxyl groups excluding tert-OH is 1. The van der Waals surface area contributed by atoms with Gasteiger partial charge in [0, 0.05) is 18.4 Å². The van der Waals surface area contributed by atoms with E-state index in [9.17, 15) is 24.6 Å². The summed E-state index contributed by atoms with van der Waals surface area (Å²) in [6.07, 6.45) is -0.795. The average Bonchev–Trinajstić information content (AvgIpc) is 3.10. The molecule has 8 heteroatoms. The molecule has 0 saturated heterocycles. The van der Waals surface area contributed by atoms with Crippen LogP contribution >= 0.6 is 0 Å². The highest BCUT2D eigenvalue weighted by molar-refractivity contribution is 5.87. The van der Waals surface area contributed by atoms with Crippen LogP contribution in [0.5, 0.6) is 0 Å². The summed E-state index contributed by atoms with van der Waals surface area (Å²) < 4.78 is 5.55. The number of aliphatic carboxylic acids is 1. The number of hydrogen-bond donors (Lipinski definition) is 4. The van der Waals surface area contributed by atoms with E-state index in [4.69, 9.17) is 4.74 Å². The standard InChI is InChI=1S/C25H30N2O6/c1-15(2)21(12-22(29)27-25(3,14-28)23(30)31)26-24(32)33-13-20-18-10-6-4-8-16(18)17-9-5-7-11-19(17)20/h4-11,15,20-21,28H,12-14H2,1-3H3,(H,26,32)(H,27,29)(H,30,31)/t21-,25?/m0/s1. The Morgan fingerprint density at radius 3 is 2.06 bits per heavy atom. The van der Waals surface area contributed by atoms with Gasteiger partial charge in [0.2, 0.25) is 5.91 Å². The third kappa shape index (κ3) is 5.34. The fraction of sp³-hybridized carbons (Fsp3) is 0.400. The van der Waals surface area contributed by atoms with Gasteiger partial charge < -0.3 is 25.6 Å². The normalized spacial score (nSPS) is 15.2. The third-order valence-corrected chi connectivity index (χ3v) is 6.06. The van der Waals surface area contributed by atoms with Crippen LogP contribution in [0.4, 0.5) is 4.79 Å². The van der Waals surface area contributed by atoms with E-state index in [-0.39, 0.29) is 24.9 Å². The summed E-state index contributed by atoms with van der Waals surface area (Å²) in [7, 11) is 0. The number of alkyl carbamates (subject to hydrolysis) is 1. The number of aliphatic hydroxyl groups is 1. The first-order valence-corrected chi connectivity index (χ1v) is 10.9. The van der Waals surface area contributed by atoms with Crippen molar-refractivity contribution in [1.29, 1.82) is 0 Å². The molecule has 1 unspecified atom stereocenters. The summed E-state index contributed by atoms with van der Waals surface area (Å²) in [5.41, 5.74) is 2.67. The Kier molecular flexibility index (Phi) is 7.38. The second-order valence-corrected chi connectivity index (χ2v) is 8.87. The fourth-order valence-corrected chi connectivity index (χ4v) is 3.96. The molecule has 2 aromatic rings. The van der Waals surface area contributed by atoms with Gasteiger partial charge in [0.25, 0.3) is 0 Å². The lowest BCUT2D eigenvalue weighted by atomic mass is 9.98. The highest BCUT2D eigenvalue weighted by Gasteiger charge is 2.35. The number of carboxylic acids is 1. The molecule has 0 heterocycles. The molecule has 0 fully saturated rings. The Morgan fingerprint density at radius 1 is 1.03 bits per heavy atom. The maximum Gasteiger partial charge on any atom is 0.407 e. The predicted octanol–water partition coefficient (Wildman–Crippen LogP) is 2.89. The first-order chi connectivity index (χ1) is 15.7. The molecule has 2 amide bonds. The fourth-order valence-electron chi connectivity index (χ4n) is 3.96. The van der Waals surface area contributed by atoms with Gasteiger partial charge in [0.1, 0.15) is 6.61 Å². The summed E-state index contributed by atoms with van der Waals surface area (Å²) in [4.78, 5) is 36.3. The minimum atomic E-state index is -1.79. The van der Waals surface area contributed by atoms with Crippen molar-refractivity contribution in [3.05, 3.63) is 59.7 Å². The lowest BCUT2D eigenvalue weighted by Crippen LogP contribution is -2.56. The molecule has 0 spiro atoms. The van der Waals surface area contributed by atoms with E-state index in [1.54, 1.807) is 0 Å². The largest absolute Gasteiger partial charge is 0.479 e. The molecule has 1 aliphatic rings. The number of amides is 2. The highest BCUT2D eigenvalue weighted by Crippen LogP contribution is 2.44. The molecule has 0 radical (unpaired) electrons. The third-order valence-electron chi connectivity index (χ3n) is 6.06. The van der Waals surface area contributed by atoms with Crippen LogP contribution in [0.2, 0.25) is 0 Å². The van der Waals surface area contributed by atoms with Crippen LogP contribution in [0.3, 0.4) is 0 Å². The van der Waals surface area contributed by atoms with E-state index in [0.717, 1.165) is 22.3 Å². The first-order valence-electron chi connectivity index (χ1n) is 10.9. The second kappa shape index (κ2) is 10.0. The molecule has 4 N–H and O–H groups in total. The van der Waals surface area contributed by atoms with E-state index in [1.165, 1.54) is 6.92 Å². The molecular formula is C25H30N2O6. The summed E-state index contributed by atoms with van der Waals surface area (Å²) in [5, 5.41) is 23.6. The van der Waals surface area contributed by atoms with Crippen molar-refractivity contribution in [3.8, 4) is 11.1 Å². The molecular weight excluding hydrogens is 424 g/mol. The molecule has 3 rings (SSSR count). The van der Waals surface area contributed by atoms with Gasteiger partial charge in [-0.3, -0.25) is 4.79 Å². The lowest BCUT2D eigenvalue weighted by Gasteiger charge is -2.27. The zero-order chi connectivity index (χ0) is 24.2. The minimum Gasteiger partial charge on any atom is -0.479 e. The number of fused-ring (bicyclic) bond motifs is 3. The van der Waals surface area contributed by atoms with Crippen LogP contribution in [-0.2, 0) is 14.3 Å². The van der Waals surface area contributed by atoms with Crippen LogP contribution in [0.1, 0.15) is 44.2 Å². The molecule has 33 heavy (non-hydrogen) atoms. The summed E-state index contributed by atoms with van der Waals surface area (Å²) in [5.74, 6) is -2.12. The minimum absolute atomic E-state index is 0.0789. The number of nitrogens with one attached hydrogen (secondary N) is 2. The molecule has 1 aliphatic carbocycles. The molecule has 2 aromatic carbocycles. The van der Waals surface area contributed by atoms with Crippen molar-refractivity contribution in [2.45, 2.75) is 44.7 Å². The quantitative estimate of drug-likeness (QED) is 0.462. The van der Waals surface area contributed by atoms with Crippen LogP contribution < -0.4 is 10.6 Å². The molecule has 2 atom stereocenters. The van der Waals surface area contributed by atoms with Crippen LogP contribution in [0.25, 0.3) is 11.1 Å². The number of benzene rings is 2. The van der Waals surface area contributed by atoms with Gasteiger partial charge in [-0.1, -0.05) is 62.4 Å². The number of carboxylic acid groups (broad SMARTS) is 1. The van der Waals surface area contributed by atoms with Crippen molar-refractivity contribution in [2.75, 3.05) is 13.2 Å². The van der Waals surface area contributed by atoms with Crippen LogP contribution in [0, 0.1) is 5.92 Å². The van der Waals surface area contributed by atoms with Gasteiger partial charge in [-0.05, 0) is 35.1 Å². The number of carbonyl (C=O) groups is 3. The predicted molar refractivity (Wildman–Crippen MR) is 123 cm³/mol. The van der Waals surface area contributed by atoms with Gasteiger partial charge in [-0.25, -0.2) is 9.59 Å². The lowest BCUT2D eigenvalue weighted by molar-refractivity contribution is -0.148. The van der Waals surface area contributed by atoms with Crippen molar-refractivity contribution in [1.82, 2.24) is 10.6 Å². The Hall–Kier alpha value is -3.39. The van der Waals surface area contributed by atoms with Gasteiger partial charge in [-0.15, -0.1) is 0 Å². The Labute approximate surface area is 193 Å². The van der Waals surface area contributed by atoms with Crippen molar-refractivity contribution < 1.29 is 29.3 Å². The monoisotopic (exact) mass is 454 g/mol. The maximum atomic E-state index is 12.6. The van der Waals surface area contributed by atoms with E-state index in [1.807, 2.05) is 50.2 Å². The SMILES string of the molecule is CC(C)[C@H](CC(=O)NC(C)(CO)C(=O)O)NC(=O)OCC1c2ccccc2-c2ccccc21. The summed E-state index contributed by atoms with van der Waals surface area (Å²) in [6.45, 7) is 4.30. The molecule has 0 saturated carbocycles. The van der Waals surface area contributed by atoms with Crippen molar-refractivity contribution in [3.63, 3.8) is 0 Å². The highest BCUT2D eigenvalue weighted by atomic mass is 16.5. The smallest absolute Gasteiger partial charge is 0.407 e. The zero-order valence-electron chi connectivity index (χ0n) is 19.0. The van der Waals surface area contributed by atoms with Crippen molar-refractivity contribution >= 4 is 18.0 Å². The Balaban J connectivity index is 1.62. The zero-order valence-corrected chi connectivity index (χ0v) is 19.0. The van der Waals surface area contributed by atoms with E-state index < -0.39 is 36.2 Å². The second-order valence-electron chi connectivity index (χ2n) is 8.87. The summed E-state index contributed by atoms with van der Waals surface area (Å²) in [6, 6.07) is 15.5. The van der Waals surface area contributed by atoms with Crippen LogP contribution in [-0.4, -0.2) is 53.0 Å². The first kappa shape index (κ1) is 24.3. The van der Waals surface area contributed by atoms with Gasteiger partial charge in [-0.2, -0.15) is 0 Å². The number of carbonyl (C=O) groups excluding carboxylic acids is 2. The van der Waals surface area contributed by atoms with Gasteiger partial charge in [0.05, 0.1) is 6.61 Å². The Morgan fingerprint density at radius 2 is 1.58 bits per heavy atom. The number of ether oxygens (including phenoxy) is 1. The Bertz CT molecular complexity index is 992. The maximum absolute atomic E-state index is 12.6. The van der Waals surface area contributed by atoms with Gasteiger partial charge >= 0.3 is 12.1 Å². The van der Waals surface area contributed by atoms with E-state index >= 15 is 0 Å². The average molecular weight is 455 g/mol. The summed E-state index contributed by atoms with van der Waals surface area (Å²) >= 11 is 0. The van der Waals surface area contributed by atoms with Gasteiger partial charge in [0.15, 0.2) is 5.54 Å². The topological polar surface area (TPSA) is 125 Å². The number of hydrogen-bond acceptors (Lipinski definition) is 5. The number of rotatable bonds is 9.